The van der Waals surface area contributed by atoms with Crippen LogP contribution in [0.4, 0.5) is 0 Å². The maximum absolute atomic E-state index is 6.32. The fourth-order valence-corrected chi connectivity index (χ4v) is 2.78. The highest BCUT2D eigenvalue weighted by atomic mass is 35.5. The Morgan fingerprint density at radius 3 is 2.90 bits per heavy atom. The number of para-hydroxylation sites is 1. The van der Waals surface area contributed by atoms with Gasteiger partial charge < -0.3 is 9.30 Å². The lowest BCUT2D eigenvalue weighted by Gasteiger charge is -2.09. The van der Waals surface area contributed by atoms with E-state index < -0.39 is 0 Å². The third-order valence-electron chi connectivity index (χ3n) is 3.27. The predicted octanol–water partition coefficient (Wildman–Crippen LogP) is 3.88. The molecule has 0 bridgehead atoms. The first-order valence-electron chi connectivity index (χ1n) is 6.41. The minimum Gasteiger partial charge on any atom is -0.481 e. The molecule has 108 valence electrons. The van der Waals surface area contributed by atoms with Gasteiger partial charge in [-0.2, -0.15) is 0 Å². The fraction of sp³-hybridized carbons (Fsp3) is 0.200. The molecule has 0 aliphatic heterocycles. The van der Waals surface area contributed by atoms with Crippen molar-refractivity contribution in [1.82, 2.24) is 14.5 Å². The van der Waals surface area contributed by atoms with Crippen LogP contribution in [-0.4, -0.2) is 21.6 Å². The molecule has 0 saturated carbocycles. The van der Waals surface area contributed by atoms with E-state index in [-0.39, 0.29) is 0 Å². The number of halogens is 2. The quantitative estimate of drug-likeness (QED) is 0.684. The van der Waals surface area contributed by atoms with Crippen molar-refractivity contribution < 1.29 is 4.74 Å². The Morgan fingerprint density at radius 1 is 1.29 bits per heavy atom. The molecule has 0 aliphatic rings. The molecule has 4 nitrogen and oxygen atoms in total. The van der Waals surface area contributed by atoms with E-state index in [4.69, 9.17) is 27.9 Å². The molecule has 0 saturated heterocycles. The molecule has 2 heterocycles. The van der Waals surface area contributed by atoms with E-state index in [0.717, 1.165) is 22.4 Å². The van der Waals surface area contributed by atoms with Gasteiger partial charge in [0, 0.05) is 18.8 Å². The molecule has 0 spiro atoms. The maximum Gasteiger partial charge on any atom is 0.213 e. The van der Waals surface area contributed by atoms with E-state index in [0.29, 0.717) is 23.3 Å². The van der Waals surface area contributed by atoms with Crippen LogP contribution < -0.4 is 4.74 Å². The molecular formula is C15H13Cl2N3O. The Bertz CT molecular complexity index is 786. The number of rotatable bonds is 4. The number of pyridine rings is 1. The van der Waals surface area contributed by atoms with E-state index in [2.05, 4.69) is 9.97 Å². The lowest BCUT2D eigenvalue weighted by atomic mass is 10.2. The number of ether oxygens (including phenoxy) is 1. The van der Waals surface area contributed by atoms with Crippen molar-refractivity contribution in [2.75, 3.05) is 7.11 Å². The Kier molecular flexibility index (Phi) is 3.99. The zero-order valence-electron chi connectivity index (χ0n) is 11.4. The third kappa shape index (κ3) is 2.69. The average Bonchev–Trinajstić information content (AvgIpc) is 2.86. The van der Waals surface area contributed by atoms with Crippen LogP contribution in [0.3, 0.4) is 0 Å². The molecule has 0 atom stereocenters. The number of fused-ring (bicyclic) bond motifs is 1. The Labute approximate surface area is 132 Å². The fourth-order valence-electron chi connectivity index (χ4n) is 2.31. The molecule has 0 fully saturated rings. The molecule has 0 N–H and O–H groups in total. The second kappa shape index (κ2) is 5.92. The summed E-state index contributed by atoms with van der Waals surface area (Å²) in [6, 6.07) is 9.49. The first-order chi connectivity index (χ1) is 10.2. The predicted molar refractivity (Wildman–Crippen MR) is 84.2 cm³/mol. The first kappa shape index (κ1) is 14.2. The van der Waals surface area contributed by atoms with Gasteiger partial charge in [0.2, 0.25) is 5.88 Å². The summed E-state index contributed by atoms with van der Waals surface area (Å²) in [7, 11) is 1.60. The summed E-state index contributed by atoms with van der Waals surface area (Å²) in [6.07, 6.45) is 1.72. The molecule has 3 aromatic rings. The van der Waals surface area contributed by atoms with Crippen LogP contribution in [0.1, 0.15) is 11.4 Å². The first-order valence-corrected chi connectivity index (χ1v) is 7.32. The average molecular weight is 322 g/mol. The Hall–Kier alpha value is -1.78. The molecule has 0 unspecified atom stereocenters. The molecule has 1 aromatic carbocycles. The van der Waals surface area contributed by atoms with Crippen LogP contribution in [0.15, 0.2) is 36.5 Å². The highest BCUT2D eigenvalue weighted by molar-refractivity contribution is 6.35. The van der Waals surface area contributed by atoms with Crippen molar-refractivity contribution in [1.29, 1.82) is 0 Å². The molecule has 0 amide bonds. The second-order valence-electron chi connectivity index (χ2n) is 4.56. The monoisotopic (exact) mass is 321 g/mol. The molecule has 2 aromatic heterocycles. The highest BCUT2D eigenvalue weighted by Crippen LogP contribution is 2.26. The van der Waals surface area contributed by atoms with Gasteiger partial charge in [0.1, 0.15) is 5.82 Å². The normalized spacial score (nSPS) is 11.0. The number of nitrogens with zero attached hydrogens (tertiary/aromatic N) is 3. The lowest BCUT2D eigenvalue weighted by Crippen LogP contribution is -2.04. The van der Waals surface area contributed by atoms with Gasteiger partial charge in [-0.25, -0.2) is 9.97 Å². The van der Waals surface area contributed by atoms with Crippen LogP contribution >= 0.6 is 23.2 Å². The molecule has 0 aliphatic carbocycles. The summed E-state index contributed by atoms with van der Waals surface area (Å²) in [5, 5.41) is 0.664. The van der Waals surface area contributed by atoms with Gasteiger partial charge in [0.05, 0.1) is 29.0 Å². The van der Waals surface area contributed by atoms with Crippen LogP contribution in [-0.2, 0) is 12.4 Å². The Morgan fingerprint density at radius 2 is 2.14 bits per heavy atom. The van der Waals surface area contributed by atoms with Crippen molar-refractivity contribution in [2.45, 2.75) is 12.4 Å². The van der Waals surface area contributed by atoms with Crippen LogP contribution in [0.5, 0.6) is 5.88 Å². The smallest absolute Gasteiger partial charge is 0.213 e. The number of benzene rings is 1. The molecular weight excluding hydrogens is 309 g/mol. The van der Waals surface area contributed by atoms with E-state index in [1.807, 2.05) is 34.9 Å². The SMILES string of the molecule is COc1cc(Cn2c(CCl)nc3cccc(Cl)c32)ccn1. The molecule has 0 radical (unpaired) electrons. The van der Waals surface area contributed by atoms with Crippen molar-refractivity contribution in [3.63, 3.8) is 0 Å². The summed E-state index contributed by atoms with van der Waals surface area (Å²) < 4.78 is 7.18. The summed E-state index contributed by atoms with van der Waals surface area (Å²) in [5.74, 6) is 1.69. The van der Waals surface area contributed by atoms with Gasteiger partial charge in [-0.1, -0.05) is 17.7 Å². The molecule has 21 heavy (non-hydrogen) atoms. The van der Waals surface area contributed by atoms with E-state index in [1.165, 1.54) is 0 Å². The number of methoxy groups -OCH3 is 1. The largest absolute Gasteiger partial charge is 0.481 e. The van der Waals surface area contributed by atoms with E-state index in [1.54, 1.807) is 13.3 Å². The number of alkyl halides is 1. The number of aromatic nitrogens is 3. The molecule has 6 heteroatoms. The van der Waals surface area contributed by atoms with Gasteiger partial charge >= 0.3 is 0 Å². The summed E-state index contributed by atoms with van der Waals surface area (Å²) in [6.45, 7) is 0.612. The van der Waals surface area contributed by atoms with Gasteiger partial charge in [-0.05, 0) is 23.8 Å². The van der Waals surface area contributed by atoms with E-state index in [9.17, 15) is 0 Å². The lowest BCUT2D eigenvalue weighted by molar-refractivity contribution is 0.397. The van der Waals surface area contributed by atoms with Crippen LogP contribution in [0.2, 0.25) is 5.02 Å². The van der Waals surface area contributed by atoms with Crippen LogP contribution in [0, 0.1) is 0 Å². The molecule has 3 rings (SSSR count). The van der Waals surface area contributed by atoms with E-state index >= 15 is 0 Å². The summed E-state index contributed by atoms with van der Waals surface area (Å²) in [4.78, 5) is 8.64. The minimum absolute atomic E-state index is 0.327. The highest BCUT2D eigenvalue weighted by Gasteiger charge is 2.13. The minimum atomic E-state index is 0.327. The van der Waals surface area contributed by atoms with Gasteiger partial charge in [0.15, 0.2) is 0 Å². The maximum atomic E-state index is 6.32. The third-order valence-corrected chi connectivity index (χ3v) is 3.81. The van der Waals surface area contributed by atoms with Crippen molar-refractivity contribution in [3.8, 4) is 5.88 Å². The number of hydrogen-bond donors (Lipinski definition) is 0. The second-order valence-corrected chi connectivity index (χ2v) is 5.24. The summed E-state index contributed by atoms with van der Waals surface area (Å²) >= 11 is 12.3. The zero-order chi connectivity index (χ0) is 14.8. The van der Waals surface area contributed by atoms with Gasteiger partial charge in [-0.15, -0.1) is 11.6 Å². The Balaban J connectivity index is 2.10. The van der Waals surface area contributed by atoms with Gasteiger partial charge in [-0.3, -0.25) is 0 Å². The van der Waals surface area contributed by atoms with Crippen molar-refractivity contribution >= 4 is 34.2 Å². The van der Waals surface area contributed by atoms with Gasteiger partial charge in [0.25, 0.3) is 0 Å². The van der Waals surface area contributed by atoms with Crippen molar-refractivity contribution in [2.24, 2.45) is 0 Å². The zero-order valence-corrected chi connectivity index (χ0v) is 12.9. The number of imidazole rings is 1. The standard InChI is InChI=1S/C15H13Cl2N3O/c1-21-14-7-10(5-6-18-14)9-20-13(8-16)19-12-4-2-3-11(17)15(12)20/h2-7H,8-9H2,1H3. The number of hydrogen-bond acceptors (Lipinski definition) is 3. The van der Waals surface area contributed by atoms with Crippen LogP contribution in [0.25, 0.3) is 11.0 Å². The topological polar surface area (TPSA) is 39.9 Å². The van der Waals surface area contributed by atoms with Crippen molar-refractivity contribution in [3.05, 3.63) is 52.9 Å². The summed E-state index contributed by atoms with van der Waals surface area (Å²) in [5.41, 5.74) is 2.79.